The molecular weight excluding hydrogens is 412 g/mol. The van der Waals surface area contributed by atoms with Crippen molar-refractivity contribution in [2.75, 3.05) is 25.5 Å². The van der Waals surface area contributed by atoms with Crippen LogP contribution < -0.4 is 5.32 Å². The molecule has 33 heavy (non-hydrogen) atoms. The van der Waals surface area contributed by atoms with Crippen LogP contribution in [0, 0.1) is 0 Å². The lowest BCUT2D eigenvalue weighted by molar-refractivity contribution is 0.352. The van der Waals surface area contributed by atoms with Gasteiger partial charge in [0, 0.05) is 24.3 Å². The lowest BCUT2D eigenvalue weighted by Gasteiger charge is -2.10. The molecule has 3 heterocycles. The van der Waals surface area contributed by atoms with Crippen LogP contribution in [0.15, 0.2) is 52.9 Å². The van der Waals surface area contributed by atoms with Gasteiger partial charge >= 0.3 is 6.01 Å². The highest BCUT2D eigenvalue weighted by Gasteiger charge is 2.19. The standard InChI is InChI=1S/C26H26N6O/c1-32-13-11-17-9-10-21(15-19(17)12-14-32)27-26-31-30-25(33-26)23-16-20-7-4-6-18-5-2-3-8-22(18)24(20)29-28-23/h2-3,5,8-10,15-16H,4,6-7,11-14H2,1H3,(H,27,31). The molecule has 6 rings (SSSR count). The van der Waals surface area contributed by atoms with Gasteiger partial charge in [0.25, 0.3) is 5.89 Å². The third-order valence-corrected chi connectivity index (χ3v) is 6.66. The lowest BCUT2D eigenvalue weighted by Crippen LogP contribution is -2.20. The lowest BCUT2D eigenvalue weighted by atomic mass is 10.0. The van der Waals surface area contributed by atoms with Gasteiger partial charge in [0.15, 0.2) is 5.69 Å². The number of rotatable bonds is 3. The Balaban J connectivity index is 1.24. The topological polar surface area (TPSA) is 80.0 Å². The zero-order valence-corrected chi connectivity index (χ0v) is 18.7. The summed E-state index contributed by atoms with van der Waals surface area (Å²) < 4.78 is 5.91. The van der Waals surface area contributed by atoms with Crippen molar-refractivity contribution < 1.29 is 4.42 Å². The number of nitrogens with one attached hydrogen (secondary N) is 1. The maximum atomic E-state index is 5.91. The van der Waals surface area contributed by atoms with Crippen molar-refractivity contribution in [3.05, 3.63) is 70.8 Å². The van der Waals surface area contributed by atoms with Gasteiger partial charge in [-0.25, -0.2) is 0 Å². The number of likely N-dealkylation sites (N-methyl/N-ethyl adjacent to an activating group) is 1. The summed E-state index contributed by atoms with van der Waals surface area (Å²) in [5.74, 6) is 0.377. The molecule has 0 unspecified atom stereocenters. The van der Waals surface area contributed by atoms with Gasteiger partial charge in [-0.15, -0.1) is 15.3 Å². The summed E-state index contributed by atoms with van der Waals surface area (Å²) in [5, 5.41) is 20.6. The van der Waals surface area contributed by atoms with Crippen LogP contribution in [0.5, 0.6) is 0 Å². The SMILES string of the molecule is CN1CCc2ccc(Nc3nnc(-c4cc5c(nn4)-c4ccccc4CCC5)o3)cc2CC1. The summed E-state index contributed by atoms with van der Waals surface area (Å²) in [5.41, 5.74) is 8.99. The molecule has 4 aromatic rings. The molecule has 7 heteroatoms. The zero-order chi connectivity index (χ0) is 22.2. The molecule has 0 atom stereocenters. The molecule has 1 aliphatic heterocycles. The summed E-state index contributed by atoms with van der Waals surface area (Å²) in [6.07, 6.45) is 5.21. The molecule has 0 saturated heterocycles. The average Bonchev–Trinajstić information content (AvgIpc) is 3.12. The molecular formula is C26H26N6O. The van der Waals surface area contributed by atoms with E-state index in [1.807, 2.05) is 6.07 Å². The Morgan fingerprint density at radius 2 is 1.64 bits per heavy atom. The first-order valence-corrected chi connectivity index (χ1v) is 11.6. The van der Waals surface area contributed by atoms with Crippen molar-refractivity contribution in [3.8, 4) is 22.8 Å². The molecule has 0 amide bonds. The number of hydrogen-bond donors (Lipinski definition) is 1. The van der Waals surface area contributed by atoms with Gasteiger partial charge in [0.05, 0.1) is 5.69 Å². The molecule has 0 fully saturated rings. The first-order chi connectivity index (χ1) is 16.2. The van der Waals surface area contributed by atoms with E-state index >= 15 is 0 Å². The first-order valence-electron chi connectivity index (χ1n) is 11.6. The molecule has 0 radical (unpaired) electrons. The van der Waals surface area contributed by atoms with Crippen molar-refractivity contribution >= 4 is 11.7 Å². The van der Waals surface area contributed by atoms with Crippen molar-refractivity contribution in [1.82, 2.24) is 25.3 Å². The molecule has 1 aliphatic carbocycles. The fourth-order valence-electron chi connectivity index (χ4n) is 4.81. The van der Waals surface area contributed by atoms with Crippen molar-refractivity contribution in [3.63, 3.8) is 0 Å². The highest BCUT2D eigenvalue weighted by Crippen LogP contribution is 2.32. The highest BCUT2D eigenvalue weighted by atomic mass is 16.4. The summed E-state index contributed by atoms with van der Waals surface area (Å²) in [6, 6.07) is 17.3. The van der Waals surface area contributed by atoms with E-state index < -0.39 is 0 Å². The highest BCUT2D eigenvalue weighted by molar-refractivity contribution is 5.69. The second kappa shape index (κ2) is 8.41. The van der Waals surface area contributed by atoms with Crippen LogP contribution in [0.3, 0.4) is 0 Å². The van der Waals surface area contributed by atoms with Crippen LogP contribution in [0.1, 0.15) is 28.7 Å². The Bertz CT molecular complexity index is 1310. The normalized spacial score (nSPS) is 15.7. The Morgan fingerprint density at radius 1 is 0.788 bits per heavy atom. The Hall–Kier alpha value is -3.58. The van der Waals surface area contributed by atoms with Gasteiger partial charge in [-0.2, -0.15) is 0 Å². The van der Waals surface area contributed by atoms with Gasteiger partial charge in [-0.05, 0) is 79.6 Å². The van der Waals surface area contributed by atoms with E-state index in [-0.39, 0.29) is 0 Å². The maximum absolute atomic E-state index is 5.91. The number of fused-ring (bicyclic) bond motifs is 4. The van der Waals surface area contributed by atoms with E-state index in [2.05, 4.69) is 80.1 Å². The van der Waals surface area contributed by atoms with Gasteiger partial charge < -0.3 is 14.6 Å². The monoisotopic (exact) mass is 438 g/mol. The molecule has 2 aliphatic rings. The summed E-state index contributed by atoms with van der Waals surface area (Å²) in [7, 11) is 2.18. The number of anilines is 2. The fourth-order valence-corrected chi connectivity index (χ4v) is 4.81. The molecule has 166 valence electrons. The Kier molecular flexibility index (Phi) is 5.11. The number of nitrogens with zero attached hydrogens (tertiary/aromatic N) is 5. The summed E-state index contributed by atoms with van der Waals surface area (Å²) in [4.78, 5) is 2.37. The number of hydrogen-bond acceptors (Lipinski definition) is 7. The second-order valence-corrected chi connectivity index (χ2v) is 8.94. The number of benzene rings is 2. The van der Waals surface area contributed by atoms with E-state index in [1.165, 1.54) is 27.8 Å². The molecule has 0 saturated carbocycles. The molecule has 1 N–H and O–H groups in total. The molecule has 0 spiro atoms. The van der Waals surface area contributed by atoms with Crippen LogP contribution >= 0.6 is 0 Å². The predicted molar refractivity (Wildman–Crippen MR) is 127 cm³/mol. The molecule has 0 bridgehead atoms. The minimum absolute atomic E-state index is 0.359. The predicted octanol–water partition coefficient (Wildman–Crippen LogP) is 4.46. The van der Waals surface area contributed by atoms with E-state index in [1.54, 1.807) is 0 Å². The first kappa shape index (κ1) is 20.1. The second-order valence-electron chi connectivity index (χ2n) is 8.94. The van der Waals surface area contributed by atoms with Crippen LogP contribution in [0.4, 0.5) is 11.7 Å². The van der Waals surface area contributed by atoms with Crippen molar-refractivity contribution in [2.45, 2.75) is 32.1 Å². The number of aryl methyl sites for hydroxylation is 2. The van der Waals surface area contributed by atoms with Crippen LogP contribution in [0.2, 0.25) is 0 Å². The van der Waals surface area contributed by atoms with E-state index in [0.717, 1.165) is 56.6 Å². The minimum atomic E-state index is 0.359. The quantitative estimate of drug-likeness (QED) is 0.506. The average molecular weight is 439 g/mol. The molecule has 7 nitrogen and oxygen atoms in total. The van der Waals surface area contributed by atoms with E-state index in [9.17, 15) is 0 Å². The van der Waals surface area contributed by atoms with Gasteiger partial charge in [-0.1, -0.05) is 35.4 Å². The smallest absolute Gasteiger partial charge is 0.320 e. The summed E-state index contributed by atoms with van der Waals surface area (Å²) >= 11 is 0. The van der Waals surface area contributed by atoms with Crippen molar-refractivity contribution in [1.29, 1.82) is 0 Å². The number of aromatic nitrogens is 4. The zero-order valence-electron chi connectivity index (χ0n) is 18.7. The Labute approximate surface area is 192 Å². The maximum Gasteiger partial charge on any atom is 0.320 e. The largest absolute Gasteiger partial charge is 0.401 e. The van der Waals surface area contributed by atoms with Gasteiger partial charge in [0.2, 0.25) is 0 Å². The molecule has 2 aromatic carbocycles. The van der Waals surface area contributed by atoms with Gasteiger partial charge in [0.1, 0.15) is 0 Å². The third kappa shape index (κ3) is 4.00. The van der Waals surface area contributed by atoms with Crippen LogP contribution in [-0.2, 0) is 25.7 Å². The minimum Gasteiger partial charge on any atom is -0.401 e. The van der Waals surface area contributed by atoms with Crippen LogP contribution in [-0.4, -0.2) is 45.4 Å². The summed E-state index contributed by atoms with van der Waals surface area (Å²) in [6.45, 7) is 2.17. The fraction of sp³-hybridized carbons (Fsp3) is 0.308. The third-order valence-electron chi connectivity index (χ3n) is 6.66. The molecule has 2 aromatic heterocycles. The van der Waals surface area contributed by atoms with E-state index in [0.29, 0.717) is 17.6 Å². The van der Waals surface area contributed by atoms with Gasteiger partial charge in [-0.3, -0.25) is 0 Å². The van der Waals surface area contributed by atoms with E-state index in [4.69, 9.17) is 4.42 Å². The van der Waals surface area contributed by atoms with Crippen molar-refractivity contribution in [2.24, 2.45) is 0 Å². The van der Waals surface area contributed by atoms with Crippen LogP contribution in [0.25, 0.3) is 22.8 Å². The Morgan fingerprint density at radius 3 is 2.58 bits per heavy atom.